The molecule has 7 nitrogen and oxygen atoms in total. The Kier molecular flexibility index (Phi) is 5.29. The third-order valence-corrected chi connectivity index (χ3v) is 4.62. The van der Waals surface area contributed by atoms with E-state index in [1.165, 1.54) is 24.0 Å². The molecule has 0 saturated heterocycles. The molecule has 1 fully saturated rings. The van der Waals surface area contributed by atoms with Gasteiger partial charge in [0.05, 0.1) is 6.33 Å². The predicted octanol–water partition coefficient (Wildman–Crippen LogP) is 3.10. The maximum Gasteiger partial charge on any atom is 0.229 e. The molecule has 0 unspecified atom stereocenters. The molecule has 0 bridgehead atoms. The lowest BCUT2D eigenvalue weighted by Gasteiger charge is -2.13. The molecule has 0 amide bonds. The number of aromatic nitrogens is 4. The van der Waals surface area contributed by atoms with Crippen LogP contribution in [0.5, 0.6) is 0 Å². The van der Waals surface area contributed by atoms with Gasteiger partial charge in [0.25, 0.3) is 0 Å². The highest BCUT2D eigenvalue weighted by molar-refractivity contribution is 5.58. The van der Waals surface area contributed by atoms with Crippen LogP contribution in [0.4, 0.5) is 17.5 Å². The van der Waals surface area contributed by atoms with Crippen LogP contribution in [-0.4, -0.2) is 32.6 Å². The van der Waals surface area contributed by atoms with Crippen molar-refractivity contribution in [2.75, 3.05) is 23.7 Å². The van der Waals surface area contributed by atoms with E-state index in [2.05, 4.69) is 32.7 Å². The smallest absolute Gasteiger partial charge is 0.229 e. The molecule has 0 aliphatic heterocycles. The van der Waals surface area contributed by atoms with Crippen molar-refractivity contribution in [2.45, 2.75) is 31.7 Å². The zero-order valence-corrected chi connectivity index (χ0v) is 15.3. The average molecular weight is 363 g/mol. The Morgan fingerprint density at radius 2 is 2.19 bits per heavy atom. The lowest BCUT2D eigenvalue weighted by Crippen LogP contribution is -2.12. The lowest BCUT2D eigenvalue weighted by molar-refractivity contribution is 0.797. The van der Waals surface area contributed by atoms with Crippen LogP contribution in [0.25, 0.3) is 0 Å². The molecule has 27 heavy (non-hydrogen) atoms. The summed E-state index contributed by atoms with van der Waals surface area (Å²) in [7, 11) is 0. The highest BCUT2D eigenvalue weighted by Gasteiger charge is 2.27. The van der Waals surface area contributed by atoms with Crippen molar-refractivity contribution in [1.82, 2.24) is 19.5 Å². The zero-order chi connectivity index (χ0) is 18.5. The SMILES string of the molecule is NCCCNc1nc(Nc2cccc(Cn3ccnc3)c2)ncc1C1CC1. The molecule has 7 heteroatoms. The Bertz CT molecular complexity index is 872. The van der Waals surface area contributed by atoms with Crippen LogP contribution in [0.15, 0.2) is 49.2 Å². The van der Waals surface area contributed by atoms with Crippen molar-refractivity contribution in [1.29, 1.82) is 0 Å². The van der Waals surface area contributed by atoms with Crippen LogP contribution in [0.3, 0.4) is 0 Å². The van der Waals surface area contributed by atoms with Gasteiger partial charge >= 0.3 is 0 Å². The summed E-state index contributed by atoms with van der Waals surface area (Å²) in [5.41, 5.74) is 8.98. The number of rotatable bonds is 9. The Balaban J connectivity index is 1.49. The van der Waals surface area contributed by atoms with E-state index in [4.69, 9.17) is 10.7 Å². The minimum atomic E-state index is 0.595. The molecule has 140 valence electrons. The molecule has 2 heterocycles. The van der Waals surface area contributed by atoms with Crippen LogP contribution in [0, 0.1) is 0 Å². The van der Waals surface area contributed by atoms with E-state index >= 15 is 0 Å². The molecule has 1 aromatic carbocycles. The fraction of sp³-hybridized carbons (Fsp3) is 0.350. The van der Waals surface area contributed by atoms with E-state index in [-0.39, 0.29) is 0 Å². The van der Waals surface area contributed by atoms with Gasteiger partial charge < -0.3 is 20.9 Å². The van der Waals surface area contributed by atoms with Crippen molar-refractivity contribution in [3.05, 3.63) is 60.3 Å². The van der Waals surface area contributed by atoms with Crippen molar-refractivity contribution in [3.8, 4) is 0 Å². The quantitative estimate of drug-likeness (QED) is 0.506. The van der Waals surface area contributed by atoms with Gasteiger partial charge in [-0.1, -0.05) is 12.1 Å². The van der Waals surface area contributed by atoms with E-state index in [1.807, 2.05) is 35.4 Å². The molecule has 1 aliphatic carbocycles. The standard InChI is InChI=1S/C20H25N7/c21-7-2-8-23-19-18(16-5-6-16)12-24-20(26-19)25-17-4-1-3-15(11-17)13-27-10-9-22-14-27/h1,3-4,9-12,14,16H,2,5-8,13,21H2,(H2,23,24,25,26). The summed E-state index contributed by atoms with van der Waals surface area (Å²) in [5, 5.41) is 6.75. The molecule has 1 aliphatic rings. The molecule has 0 spiro atoms. The van der Waals surface area contributed by atoms with E-state index in [0.717, 1.165) is 31.0 Å². The molecule has 0 radical (unpaired) electrons. The summed E-state index contributed by atoms with van der Waals surface area (Å²) >= 11 is 0. The number of nitrogens with zero attached hydrogens (tertiary/aromatic N) is 4. The highest BCUT2D eigenvalue weighted by Crippen LogP contribution is 2.42. The Morgan fingerprint density at radius 1 is 1.26 bits per heavy atom. The van der Waals surface area contributed by atoms with E-state index in [1.54, 1.807) is 6.20 Å². The number of hydrogen-bond acceptors (Lipinski definition) is 6. The van der Waals surface area contributed by atoms with Crippen LogP contribution in [-0.2, 0) is 6.54 Å². The Morgan fingerprint density at radius 3 is 2.96 bits per heavy atom. The van der Waals surface area contributed by atoms with Gasteiger partial charge in [-0.05, 0) is 49.4 Å². The fourth-order valence-electron chi connectivity index (χ4n) is 3.06. The van der Waals surface area contributed by atoms with E-state index in [0.29, 0.717) is 18.4 Å². The fourth-order valence-corrected chi connectivity index (χ4v) is 3.06. The third-order valence-electron chi connectivity index (χ3n) is 4.62. The van der Waals surface area contributed by atoms with Crippen LogP contribution in [0.2, 0.25) is 0 Å². The van der Waals surface area contributed by atoms with E-state index < -0.39 is 0 Å². The monoisotopic (exact) mass is 363 g/mol. The number of benzene rings is 1. The number of anilines is 3. The first kappa shape index (κ1) is 17.5. The van der Waals surface area contributed by atoms with Crippen LogP contribution in [0.1, 0.15) is 36.3 Å². The van der Waals surface area contributed by atoms with Gasteiger partial charge in [-0.15, -0.1) is 0 Å². The van der Waals surface area contributed by atoms with Gasteiger partial charge in [0.2, 0.25) is 5.95 Å². The largest absolute Gasteiger partial charge is 0.370 e. The number of nitrogens with one attached hydrogen (secondary N) is 2. The van der Waals surface area contributed by atoms with Crippen molar-refractivity contribution in [2.24, 2.45) is 5.73 Å². The first-order valence-corrected chi connectivity index (χ1v) is 9.44. The maximum absolute atomic E-state index is 5.61. The minimum absolute atomic E-state index is 0.595. The molecular weight excluding hydrogens is 338 g/mol. The molecule has 3 aromatic rings. The second-order valence-electron chi connectivity index (χ2n) is 6.90. The summed E-state index contributed by atoms with van der Waals surface area (Å²) in [5.74, 6) is 2.13. The second-order valence-corrected chi connectivity index (χ2v) is 6.90. The highest BCUT2D eigenvalue weighted by atomic mass is 15.1. The van der Waals surface area contributed by atoms with Crippen molar-refractivity contribution >= 4 is 17.5 Å². The Hall–Kier alpha value is -2.93. The first-order chi connectivity index (χ1) is 13.3. The third kappa shape index (κ3) is 4.62. The molecule has 2 aromatic heterocycles. The molecule has 4 rings (SSSR count). The Labute approximate surface area is 159 Å². The summed E-state index contributed by atoms with van der Waals surface area (Å²) in [6.45, 7) is 2.28. The summed E-state index contributed by atoms with van der Waals surface area (Å²) in [6.07, 6.45) is 10.9. The van der Waals surface area contributed by atoms with Gasteiger partial charge in [-0.25, -0.2) is 9.97 Å². The summed E-state index contributed by atoms with van der Waals surface area (Å²) < 4.78 is 2.04. The normalized spacial score (nSPS) is 13.5. The van der Waals surface area contributed by atoms with Gasteiger partial charge in [0.15, 0.2) is 0 Å². The second kappa shape index (κ2) is 8.18. The van der Waals surface area contributed by atoms with E-state index in [9.17, 15) is 0 Å². The van der Waals surface area contributed by atoms with Crippen molar-refractivity contribution < 1.29 is 0 Å². The summed E-state index contributed by atoms with van der Waals surface area (Å²) in [4.78, 5) is 13.3. The molecule has 4 N–H and O–H groups in total. The molecule has 1 saturated carbocycles. The maximum atomic E-state index is 5.61. The number of hydrogen-bond donors (Lipinski definition) is 3. The first-order valence-electron chi connectivity index (χ1n) is 9.44. The van der Waals surface area contributed by atoms with Gasteiger partial charge in [0, 0.05) is 42.9 Å². The van der Waals surface area contributed by atoms with Gasteiger partial charge in [-0.3, -0.25) is 0 Å². The van der Waals surface area contributed by atoms with Crippen LogP contribution < -0.4 is 16.4 Å². The minimum Gasteiger partial charge on any atom is -0.370 e. The topological polar surface area (TPSA) is 93.7 Å². The number of imidazole rings is 1. The molecular formula is C20H25N7. The lowest BCUT2D eigenvalue weighted by atomic mass is 10.2. The van der Waals surface area contributed by atoms with Crippen LogP contribution >= 0.6 is 0 Å². The zero-order valence-electron chi connectivity index (χ0n) is 15.3. The van der Waals surface area contributed by atoms with Gasteiger partial charge in [-0.2, -0.15) is 4.98 Å². The van der Waals surface area contributed by atoms with Crippen molar-refractivity contribution in [3.63, 3.8) is 0 Å². The molecule has 0 atom stereocenters. The average Bonchev–Trinajstić information content (AvgIpc) is 3.39. The summed E-state index contributed by atoms with van der Waals surface area (Å²) in [6, 6.07) is 8.27. The predicted molar refractivity (Wildman–Crippen MR) is 107 cm³/mol. The van der Waals surface area contributed by atoms with Gasteiger partial charge in [0.1, 0.15) is 5.82 Å². The number of nitrogens with two attached hydrogens (primary N) is 1.